The van der Waals surface area contributed by atoms with Gasteiger partial charge in [0.1, 0.15) is 5.54 Å². The van der Waals surface area contributed by atoms with E-state index in [1.165, 1.54) is 13.8 Å². The third kappa shape index (κ3) is 7.43. The van der Waals surface area contributed by atoms with Gasteiger partial charge in [0.15, 0.2) is 0 Å². The van der Waals surface area contributed by atoms with E-state index in [4.69, 9.17) is 0 Å². The second-order valence-corrected chi connectivity index (χ2v) is 6.16. The topological polar surface area (TPSA) is 95.5 Å². The number of carbonyl (C=O) groups excluding carboxylic acids is 2. The molecular weight excluding hydrogens is 248 g/mol. The van der Waals surface area contributed by atoms with Crippen molar-refractivity contribution in [2.24, 2.45) is 5.41 Å². The summed E-state index contributed by atoms with van der Waals surface area (Å²) in [5.74, 6) is -1.91. The minimum atomic E-state index is -1.32. The molecule has 2 amide bonds. The van der Waals surface area contributed by atoms with Gasteiger partial charge in [-0.1, -0.05) is 20.8 Å². The molecule has 19 heavy (non-hydrogen) atoms. The SMILES string of the molecule is CC(=O)NCC(=O)NC(C)(CCC(C)(C)C)C(=O)O. The number of hydrogen-bond donors (Lipinski definition) is 3. The van der Waals surface area contributed by atoms with E-state index in [2.05, 4.69) is 10.6 Å². The normalized spacial score (nSPS) is 14.4. The summed E-state index contributed by atoms with van der Waals surface area (Å²) < 4.78 is 0. The van der Waals surface area contributed by atoms with Crippen molar-refractivity contribution in [2.45, 2.75) is 53.0 Å². The van der Waals surface area contributed by atoms with Crippen LogP contribution in [0.1, 0.15) is 47.5 Å². The second-order valence-electron chi connectivity index (χ2n) is 6.16. The molecule has 1 unspecified atom stereocenters. The van der Waals surface area contributed by atoms with Gasteiger partial charge >= 0.3 is 5.97 Å². The third-order valence-electron chi connectivity index (χ3n) is 2.76. The van der Waals surface area contributed by atoms with E-state index in [0.29, 0.717) is 12.8 Å². The van der Waals surface area contributed by atoms with Gasteiger partial charge in [-0.25, -0.2) is 4.79 Å². The Labute approximate surface area is 113 Å². The Morgan fingerprint density at radius 1 is 1.05 bits per heavy atom. The van der Waals surface area contributed by atoms with Crippen LogP contribution in [0.25, 0.3) is 0 Å². The molecule has 0 aliphatic heterocycles. The highest BCUT2D eigenvalue weighted by Gasteiger charge is 2.35. The first-order valence-corrected chi connectivity index (χ1v) is 6.25. The first-order chi connectivity index (χ1) is 8.46. The summed E-state index contributed by atoms with van der Waals surface area (Å²) in [6, 6.07) is 0. The lowest BCUT2D eigenvalue weighted by Gasteiger charge is -2.29. The molecule has 0 aliphatic carbocycles. The van der Waals surface area contributed by atoms with Crippen molar-refractivity contribution < 1.29 is 19.5 Å². The third-order valence-corrected chi connectivity index (χ3v) is 2.76. The summed E-state index contributed by atoms with van der Waals surface area (Å²) in [6.07, 6.45) is 0.994. The van der Waals surface area contributed by atoms with Gasteiger partial charge in [-0.15, -0.1) is 0 Å². The Kier molecular flexibility index (Phi) is 5.99. The fourth-order valence-electron chi connectivity index (χ4n) is 1.40. The monoisotopic (exact) mass is 272 g/mol. The van der Waals surface area contributed by atoms with Crippen LogP contribution in [0, 0.1) is 5.41 Å². The molecule has 0 aromatic carbocycles. The number of carboxylic acids is 1. The number of aliphatic carboxylic acids is 1. The molecule has 0 spiro atoms. The van der Waals surface area contributed by atoms with E-state index < -0.39 is 17.4 Å². The number of nitrogens with one attached hydrogen (secondary N) is 2. The zero-order chi connectivity index (χ0) is 15.3. The Morgan fingerprint density at radius 2 is 1.58 bits per heavy atom. The van der Waals surface area contributed by atoms with Crippen molar-refractivity contribution in [1.82, 2.24) is 10.6 Å². The van der Waals surface area contributed by atoms with Gasteiger partial charge in [0.2, 0.25) is 11.8 Å². The fourth-order valence-corrected chi connectivity index (χ4v) is 1.40. The lowest BCUT2D eigenvalue weighted by atomic mass is 9.84. The average molecular weight is 272 g/mol. The van der Waals surface area contributed by atoms with Crippen LogP contribution in [-0.2, 0) is 14.4 Å². The summed E-state index contributed by atoms with van der Waals surface area (Å²) >= 11 is 0. The summed E-state index contributed by atoms with van der Waals surface area (Å²) in [5.41, 5.74) is -1.33. The molecule has 110 valence electrons. The molecule has 0 bridgehead atoms. The highest BCUT2D eigenvalue weighted by molar-refractivity contribution is 5.89. The van der Waals surface area contributed by atoms with E-state index in [1.54, 1.807) is 0 Å². The minimum Gasteiger partial charge on any atom is -0.480 e. The van der Waals surface area contributed by atoms with E-state index >= 15 is 0 Å². The molecule has 3 N–H and O–H groups in total. The number of carbonyl (C=O) groups is 3. The molecule has 0 saturated heterocycles. The van der Waals surface area contributed by atoms with Crippen molar-refractivity contribution in [3.8, 4) is 0 Å². The Bertz CT molecular complexity index is 360. The zero-order valence-corrected chi connectivity index (χ0v) is 12.3. The molecule has 0 aliphatic rings. The molecule has 0 aromatic rings. The van der Waals surface area contributed by atoms with Gasteiger partial charge in [0.05, 0.1) is 6.54 Å². The standard InChI is InChI=1S/C13H24N2O4/c1-9(16)14-8-10(17)15-13(5,11(18)19)7-6-12(2,3)4/h6-8H2,1-5H3,(H,14,16)(H,15,17)(H,18,19). The molecular formula is C13H24N2O4. The number of hydrogen-bond acceptors (Lipinski definition) is 3. The van der Waals surface area contributed by atoms with Crippen LogP contribution in [0.3, 0.4) is 0 Å². The molecule has 6 heteroatoms. The van der Waals surface area contributed by atoms with Gasteiger partial charge in [-0.05, 0) is 25.2 Å². The van der Waals surface area contributed by atoms with Crippen molar-refractivity contribution in [3.63, 3.8) is 0 Å². The molecule has 0 saturated carbocycles. The van der Waals surface area contributed by atoms with Crippen LogP contribution in [0.2, 0.25) is 0 Å². The Hall–Kier alpha value is -1.59. The van der Waals surface area contributed by atoms with Crippen molar-refractivity contribution in [3.05, 3.63) is 0 Å². The van der Waals surface area contributed by atoms with Gasteiger partial charge in [-0.2, -0.15) is 0 Å². The highest BCUT2D eigenvalue weighted by atomic mass is 16.4. The lowest BCUT2D eigenvalue weighted by molar-refractivity contribution is -0.147. The predicted molar refractivity (Wildman–Crippen MR) is 71.6 cm³/mol. The number of amides is 2. The minimum absolute atomic E-state index is 0.0148. The van der Waals surface area contributed by atoms with Crippen LogP contribution in [0.15, 0.2) is 0 Å². The molecule has 0 heterocycles. The maximum atomic E-state index is 11.6. The van der Waals surface area contributed by atoms with E-state index in [9.17, 15) is 19.5 Å². The molecule has 0 rings (SSSR count). The van der Waals surface area contributed by atoms with Gasteiger partial charge in [-0.3, -0.25) is 9.59 Å². The summed E-state index contributed by atoms with van der Waals surface area (Å²) in [7, 11) is 0. The van der Waals surface area contributed by atoms with Crippen LogP contribution < -0.4 is 10.6 Å². The maximum absolute atomic E-state index is 11.6. The Morgan fingerprint density at radius 3 is 1.95 bits per heavy atom. The van der Waals surface area contributed by atoms with Gasteiger partial charge < -0.3 is 15.7 Å². The molecule has 0 aromatic heterocycles. The van der Waals surface area contributed by atoms with Crippen molar-refractivity contribution in [1.29, 1.82) is 0 Å². The van der Waals surface area contributed by atoms with Gasteiger partial charge in [0, 0.05) is 6.92 Å². The van der Waals surface area contributed by atoms with Crippen LogP contribution in [0.4, 0.5) is 0 Å². The fraction of sp³-hybridized carbons (Fsp3) is 0.769. The van der Waals surface area contributed by atoms with E-state index in [1.807, 2.05) is 20.8 Å². The summed E-state index contributed by atoms with van der Waals surface area (Å²) in [5, 5.41) is 14.1. The Balaban J connectivity index is 4.58. The van der Waals surface area contributed by atoms with Crippen LogP contribution >= 0.6 is 0 Å². The smallest absolute Gasteiger partial charge is 0.329 e. The lowest BCUT2D eigenvalue weighted by Crippen LogP contribution is -2.54. The van der Waals surface area contributed by atoms with E-state index in [-0.39, 0.29) is 17.9 Å². The average Bonchev–Trinajstić information content (AvgIpc) is 2.22. The predicted octanol–water partition coefficient (Wildman–Crippen LogP) is 0.908. The number of carboxylic acid groups (broad SMARTS) is 1. The first-order valence-electron chi connectivity index (χ1n) is 6.25. The van der Waals surface area contributed by atoms with Gasteiger partial charge in [0.25, 0.3) is 0 Å². The summed E-state index contributed by atoms with van der Waals surface area (Å²) in [4.78, 5) is 33.6. The quantitative estimate of drug-likeness (QED) is 0.669. The molecule has 0 radical (unpaired) electrons. The molecule has 0 fully saturated rings. The second kappa shape index (κ2) is 6.54. The highest BCUT2D eigenvalue weighted by Crippen LogP contribution is 2.25. The first kappa shape index (κ1) is 17.4. The van der Waals surface area contributed by atoms with Crippen LogP contribution in [-0.4, -0.2) is 35.0 Å². The number of rotatable bonds is 6. The largest absolute Gasteiger partial charge is 0.480 e. The van der Waals surface area contributed by atoms with Crippen LogP contribution in [0.5, 0.6) is 0 Å². The van der Waals surface area contributed by atoms with Crippen molar-refractivity contribution >= 4 is 17.8 Å². The maximum Gasteiger partial charge on any atom is 0.329 e. The molecule has 1 atom stereocenters. The van der Waals surface area contributed by atoms with Crippen molar-refractivity contribution in [2.75, 3.05) is 6.54 Å². The van der Waals surface area contributed by atoms with E-state index in [0.717, 1.165) is 0 Å². The molecule has 6 nitrogen and oxygen atoms in total. The summed E-state index contributed by atoms with van der Waals surface area (Å²) in [6.45, 7) is 8.58. The zero-order valence-electron chi connectivity index (χ0n) is 12.3.